The lowest BCUT2D eigenvalue weighted by molar-refractivity contribution is 0.306. The molecule has 0 aliphatic carbocycles. The monoisotopic (exact) mass is 304 g/mol. The van der Waals surface area contributed by atoms with Crippen molar-refractivity contribution >= 4 is 21.8 Å². The van der Waals surface area contributed by atoms with Crippen LogP contribution in [0.4, 0.5) is 0 Å². The minimum atomic E-state index is 0.0791. The van der Waals surface area contributed by atoms with Crippen LogP contribution in [-0.2, 0) is 6.61 Å². The van der Waals surface area contributed by atoms with Crippen molar-refractivity contribution in [3.63, 3.8) is 0 Å². The van der Waals surface area contributed by atoms with Crippen molar-refractivity contribution < 1.29 is 4.74 Å². The lowest BCUT2D eigenvalue weighted by Gasteiger charge is -2.07. The first kappa shape index (κ1) is 12.6. The molecule has 0 aromatic heterocycles. The number of hydrogen-bond donors (Lipinski definition) is 2. The minimum Gasteiger partial charge on any atom is -0.489 e. The van der Waals surface area contributed by atoms with Gasteiger partial charge in [-0.3, -0.25) is 5.41 Å². The smallest absolute Gasteiger partial charge is 0.122 e. The molecule has 2 aromatic carbocycles. The van der Waals surface area contributed by atoms with Gasteiger partial charge in [0.25, 0.3) is 0 Å². The molecular formula is C14H13BrN2O. The third kappa shape index (κ3) is 3.34. The number of hydrogen-bond acceptors (Lipinski definition) is 2. The molecule has 0 amide bonds. The van der Waals surface area contributed by atoms with E-state index in [-0.39, 0.29) is 5.84 Å². The van der Waals surface area contributed by atoms with Crippen LogP contribution < -0.4 is 10.5 Å². The van der Waals surface area contributed by atoms with Gasteiger partial charge in [0.05, 0.1) is 0 Å². The molecule has 18 heavy (non-hydrogen) atoms. The average Bonchev–Trinajstić information content (AvgIpc) is 2.38. The molecule has 0 heterocycles. The Morgan fingerprint density at radius 2 is 1.67 bits per heavy atom. The third-order valence-corrected chi connectivity index (χ3v) is 3.01. The summed E-state index contributed by atoms with van der Waals surface area (Å²) in [6.07, 6.45) is 0. The summed E-state index contributed by atoms with van der Waals surface area (Å²) in [7, 11) is 0. The van der Waals surface area contributed by atoms with Gasteiger partial charge in [-0.05, 0) is 29.8 Å². The zero-order valence-corrected chi connectivity index (χ0v) is 11.3. The van der Waals surface area contributed by atoms with Gasteiger partial charge in [0.1, 0.15) is 18.2 Å². The van der Waals surface area contributed by atoms with Gasteiger partial charge >= 0.3 is 0 Å². The van der Waals surface area contributed by atoms with Crippen molar-refractivity contribution in [1.82, 2.24) is 0 Å². The molecule has 0 saturated heterocycles. The van der Waals surface area contributed by atoms with Crippen molar-refractivity contribution in [2.24, 2.45) is 5.73 Å². The van der Waals surface area contributed by atoms with E-state index in [1.807, 2.05) is 48.5 Å². The zero-order chi connectivity index (χ0) is 13.0. The summed E-state index contributed by atoms with van der Waals surface area (Å²) >= 11 is 3.38. The van der Waals surface area contributed by atoms with E-state index < -0.39 is 0 Å². The first-order valence-corrected chi connectivity index (χ1v) is 6.26. The fourth-order valence-corrected chi connectivity index (χ4v) is 1.74. The maximum absolute atomic E-state index is 7.30. The summed E-state index contributed by atoms with van der Waals surface area (Å²) in [5, 5.41) is 7.30. The normalized spacial score (nSPS) is 10.1. The van der Waals surface area contributed by atoms with Gasteiger partial charge < -0.3 is 10.5 Å². The first-order valence-electron chi connectivity index (χ1n) is 5.47. The number of nitrogens with one attached hydrogen (secondary N) is 1. The lowest BCUT2D eigenvalue weighted by atomic mass is 10.1. The minimum absolute atomic E-state index is 0.0791. The van der Waals surface area contributed by atoms with Gasteiger partial charge in [0.15, 0.2) is 0 Å². The van der Waals surface area contributed by atoms with Gasteiger partial charge in [0.2, 0.25) is 0 Å². The summed E-state index contributed by atoms with van der Waals surface area (Å²) in [6, 6.07) is 15.2. The number of rotatable bonds is 4. The fraction of sp³-hybridized carbons (Fsp3) is 0.0714. The molecule has 0 saturated carbocycles. The average molecular weight is 305 g/mol. The number of benzene rings is 2. The number of halogens is 1. The van der Waals surface area contributed by atoms with Crippen molar-refractivity contribution in [2.45, 2.75) is 6.61 Å². The second kappa shape index (κ2) is 5.69. The highest BCUT2D eigenvalue weighted by molar-refractivity contribution is 9.10. The van der Waals surface area contributed by atoms with Gasteiger partial charge in [-0.15, -0.1) is 0 Å². The fourth-order valence-electron chi connectivity index (χ4n) is 1.48. The van der Waals surface area contributed by atoms with Gasteiger partial charge in [-0.2, -0.15) is 0 Å². The Hall–Kier alpha value is -1.81. The Balaban J connectivity index is 1.97. The van der Waals surface area contributed by atoms with Crippen molar-refractivity contribution in [1.29, 1.82) is 5.41 Å². The highest BCUT2D eigenvalue weighted by Crippen LogP contribution is 2.17. The zero-order valence-electron chi connectivity index (χ0n) is 9.69. The molecule has 0 fully saturated rings. The Kier molecular flexibility index (Phi) is 3.99. The van der Waals surface area contributed by atoms with Crippen LogP contribution in [0.3, 0.4) is 0 Å². The van der Waals surface area contributed by atoms with E-state index in [0.717, 1.165) is 21.3 Å². The highest BCUT2D eigenvalue weighted by Gasteiger charge is 1.98. The van der Waals surface area contributed by atoms with Crippen molar-refractivity contribution in [3.8, 4) is 5.75 Å². The molecule has 0 bridgehead atoms. The molecule has 0 aliphatic rings. The molecule has 3 N–H and O–H groups in total. The van der Waals surface area contributed by atoms with Gasteiger partial charge in [0, 0.05) is 10.0 Å². The van der Waals surface area contributed by atoms with Crippen LogP contribution in [-0.4, -0.2) is 5.84 Å². The van der Waals surface area contributed by atoms with Crippen molar-refractivity contribution in [2.75, 3.05) is 0 Å². The highest BCUT2D eigenvalue weighted by atomic mass is 79.9. The maximum atomic E-state index is 7.30. The van der Waals surface area contributed by atoms with Gasteiger partial charge in [-0.25, -0.2) is 0 Å². The van der Waals surface area contributed by atoms with Crippen LogP contribution in [0.5, 0.6) is 5.75 Å². The predicted octanol–water partition coefficient (Wildman–Crippen LogP) is 3.31. The van der Waals surface area contributed by atoms with Crippen LogP contribution in [0.1, 0.15) is 11.1 Å². The van der Waals surface area contributed by atoms with Crippen LogP contribution in [0.15, 0.2) is 53.0 Å². The van der Waals surface area contributed by atoms with Crippen LogP contribution in [0, 0.1) is 5.41 Å². The van der Waals surface area contributed by atoms with E-state index >= 15 is 0 Å². The molecule has 0 spiro atoms. The molecule has 0 unspecified atom stereocenters. The molecule has 2 aromatic rings. The maximum Gasteiger partial charge on any atom is 0.122 e. The summed E-state index contributed by atoms with van der Waals surface area (Å²) in [4.78, 5) is 0. The first-order chi connectivity index (χ1) is 8.65. The largest absolute Gasteiger partial charge is 0.489 e. The Morgan fingerprint density at radius 1 is 1.06 bits per heavy atom. The molecular weight excluding hydrogens is 292 g/mol. The summed E-state index contributed by atoms with van der Waals surface area (Å²) in [5.41, 5.74) is 7.16. The molecule has 0 atom stereocenters. The number of nitrogens with two attached hydrogens (primary N) is 1. The number of ether oxygens (including phenoxy) is 1. The van der Waals surface area contributed by atoms with E-state index in [2.05, 4.69) is 15.9 Å². The lowest BCUT2D eigenvalue weighted by Crippen LogP contribution is -2.10. The second-order valence-corrected chi connectivity index (χ2v) is 4.77. The van der Waals surface area contributed by atoms with Gasteiger partial charge in [-0.1, -0.05) is 40.2 Å². The summed E-state index contributed by atoms with van der Waals surface area (Å²) in [5.74, 6) is 0.907. The molecule has 2 rings (SSSR count). The Labute approximate surface area is 114 Å². The van der Waals surface area contributed by atoms with Crippen LogP contribution in [0.25, 0.3) is 0 Å². The summed E-state index contributed by atoms with van der Waals surface area (Å²) in [6.45, 7) is 0.500. The van der Waals surface area contributed by atoms with E-state index in [1.165, 1.54) is 0 Å². The standard InChI is InChI=1S/C14H13BrN2O/c15-12-5-7-13(8-6-12)18-9-10-1-3-11(4-2-10)14(16)17/h1-8H,9H2,(H3,16,17). The summed E-state index contributed by atoms with van der Waals surface area (Å²) < 4.78 is 6.67. The van der Waals surface area contributed by atoms with E-state index in [0.29, 0.717) is 6.61 Å². The number of amidine groups is 1. The molecule has 92 valence electrons. The third-order valence-electron chi connectivity index (χ3n) is 2.48. The quantitative estimate of drug-likeness (QED) is 0.672. The van der Waals surface area contributed by atoms with Crippen LogP contribution in [0.2, 0.25) is 0 Å². The predicted molar refractivity (Wildman–Crippen MR) is 75.9 cm³/mol. The molecule has 4 heteroatoms. The molecule has 0 aliphatic heterocycles. The number of nitrogen functional groups attached to an aromatic ring is 1. The molecule has 0 radical (unpaired) electrons. The Morgan fingerprint density at radius 3 is 2.22 bits per heavy atom. The second-order valence-electron chi connectivity index (χ2n) is 3.85. The van der Waals surface area contributed by atoms with Crippen molar-refractivity contribution in [3.05, 3.63) is 64.1 Å². The Bertz CT molecular complexity index is 535. The van der Waals surface area contributed by atoms with E-state index in [4.69, 9.17) is 15.9 Å². The van der Waals surface area contributed by atoms with E-state index in [1.54, 1.807) is 0 Å². The van der Waals surface area contributed by atoms with Crippen LogP contribution >= 0.6 is 15.9 Å². The van der Waals surface area contributed by atoms with E-state index in [9.17, 15) is 0 Å². The molecule has 3 nitrogen and oxygen atoms in total. The SMILES string of the molecule is N=C(N)c1ccc(COc2ccc(Br)cc2)cc1. The topological polar surface area (TPSA) is 59.1 Å².